The zero-order valence-corrected chi connectivity index (χ0v) is 23.7. The van der Waals surface area contributed by atoms with E-state index >= 15 is 0 Å². The normalized spacial score (nSPS) is 10.6. The van der Waals surface area contributed by atoms with Gasteiger partial charge in [0.15, 0.2) is 5.83 Å². The van der Waals surface area contributed by atoms with Crippen LogP contribution in [0.2, 0.25) is 0 Å². The van der Waals surface area contributed by atoms with Crippen LogP contribution in [0.1, 0.15) is 23.2 Å². The Morgan fingerprint density at radius 1 is 0.775 bits per heavy atom. The second kappa shape index (κ2) is 15.8. The maximum Gasteiger partial charge on any atom is 0.335 e. The molecule has 0 aliphatic carbocycles. The average Bonchev–Trinajstić information content (AvgIpc) is 2.96. The molecule has 9 heteroatoms. The molecule has 0 heterocycles. The van der Waals surface area contributed by atoms with Crippen molar-refractivity contribution in [2.75, 3.05) is 26.9 Å². The lowest BCUT2D eigenvalue weighted by Gasteiger charge is -2.08. The van der Waals surface area contributed by atoms with Crippen LogP contribution in [0.4, 0.5) is 4.39 Å². The van der Waals surface area contributed by atoms with Gasteiger partial charge >= 0.3 is 5.97 Å². The van der Waals surface area contributed by atoms with Gasteiger partial charge in [0, 0.05) is 22.5 Å². The van der Waals surface area contributed by atoms with Gasteiger partial charge in [-0.1, -0.05) is 37.4 Å². The van der Waals surface area contributed by atoms with Gasteiger partial charge in [0.25, 0.3) is 5.12 Å². The highest BCUT2D eigenvalue weighted by atomic mass is 32.2. The van der Waals surface area contributed by atoms with E-state index in [0.717, 1.165) is 39.5 Å². The molecule has 0 N–H and O–H groups in total. The minimum Gasteiger partial charge on any atom is -0.494 e. The molecule has 0 unspecified atom stereocenters. The largest absolute Gasteiger partial charge is 0.494 e. The van der Waals surface area contributed by atoms with Crippen LogP contribution in [-0.4, -0.2) is 43.1 Å². The van der Waals surface area contributed by atoms with Gasteiger partial charge in [0.2, 0.25) is 5.12 Å². The molecule has 208 valence electrons. The van der Waals surface area contributed by atoms with E-state index in [1.807, 2.05) is 48.5 Å². The second-order valence-corrected chi connectivity index (χ2v) is 10.6. The summed E-state index contributed by atoms with van der Waals surface area (Å²) in [4.78, 5) is 37.3. The van der Waals surface area contributed by atoms with Crippen LogP contribution >= 0.6 is 23.5 Å². The van der Waals surface area contributed by atoms with Crippen LogP contribution in [0.3, 0.4) is 0 Å². The zero-order valence-electron chi connectivity index (χ0n) is 22.0. The summed E-state index contributed by atoms with van der Waals surface area (Å²) in [6, 6.07) is 21.7. The summed E-state index contributed by atoms with van der Waals surface area (Å²) in [5, 5.41) is -0.798. The highest BCUT2D eigenvalue weighted by Crippen LogP contribution is 2.29. The predicted octanol–water partition coefficient (Wildman–Crippen LogP) is 7.29. The van der Waals surface area contributed by atoms with E-state index in [-0.39, 0.29) is 23.9 Å². The predicted molar refractivity (Wildman–Crippen MR) is 156 cm³/mol. The van der Waals surface area contributed by atoms with Gasteiger partial charge in [-0.3, -0.25) is 9.59 Å². The fourth-order valence-electron chi connectivity index (χ4n) is 3.34. The number of unbranched alkanes of at least 4 members (excludes halogenated alkanes) is 1. The number of carbonyl (C=O) groups is 3. The summed E-state index contributed by atoms with van der Waals surface area (Å²) in [5.41, 5.74) is 2.68. The summed E-state index contributed by atoms with van der Waals surface area (Å²) in [6.45, 7) is 7.52. The number of carbonyl (C=O) groups excluding carboxylic acids is 3. The standard InChI is InChI=1S/C31H29FO6S2/c1-21(20-36-3)29(33)38-19-5-4-18-37-26-12-16-28(17-13-26)40-31(35)25-8-6-23(7-9-25)24-10-14-27(15-11-24)39-30(34)22(2)32/h6-17H,1-2,4-5,18-20H2,3H3. The number of benzene rings is 3. The first-order valence-electron chi connectivity index (χ1n) is 12.3. The van der Waals surface area contributed by atoms with Crippen molar-refractivity contribution in [3.8, 4) is 16.9 Å². The van der Waals surface area contributed by atoms with Gasteiger partial charge in [0.05, 0.1) is 25.4 Å². The third-order valence-corrected chi connectivity index (χ3v) is 7.27. The number of rotatable bonds is 14. The van der Waals surface area contributed by atoms with Crippen molar-refractivity contribution in [1.29, 1.82) is 0 Å². The molecule has 3 rings (SSSR count). The summed E-state index contributed by atoms with van der Waals surface area (Å²) in [5.74, 6) is -0.744. The fourth-order valence-corrected chi connectivity index (χ4v) is 4.68. The molecule has 0 bridgehead atoms. The third kappa shape index (κ3) is 9.82. The molecule has 0 spiro atoms. The van der Waals surface area contributed by atoms with E-state index in [4.69, 9.17) is 14.2 Å². The number of halogens is 1. The van der Waals surface area contributed by atoms with Crippen LogP contribution in [0.25, 0.3) is 11.1 Å². The summed E-state index contributed by atoms with van der Waals surface area (Å²) in [6.07, 6.45) is 1.38. The second-order valence-electron chi connectivity index (χ2n) is 8.49. The number of hydrogen-bond donors (Lipinski definition) is 0. The maximum atomic E-state index is 12.9. The third-order valence-electron chi connectivity index (χ3n) is 5.42. The van der Waals surface area contributed by atoms with E-state index in [9.17, 15) is 18.8 Å². The lowest BCUT2D eigenvalue weighted by atomic mass is 10.0. The van der Waals surface area contributed by atoms with Gasteiger partial charge < -0.3 is 14.2 Å². The van der Waals surface area contributed by atoms with Crippen molar-refractivity contribution < 1.29 is 33.0 Å². The summed E-state index contributed by atoms with van der Waals surface area (Å²) in [7, 11) is 1.49. The van der Waals surface area contributed by atoms with E-state index in [0.29, 0.717) is 35.7 Å². The average molecular weight is 581 g/mol. The minimum absolute atomic E-state index is 0.0836. The molecular formula is C31H29FO6S2. The van der Waals surface area contributed by atoms with Crippen molar-refractivity contribution in [1.82, 2.24) is 0 Å². The highest BCUT2D eigenvalue weighted by Gasteiger charge is 2.11. The molecule has 0 saturated heterocycles. The molecule has 0 atom stereocenters. The Kier molecular flexibility index (Phi) is 12.2. The van der Waals surface area contributed by atoms with Gasteiger partial charge in [-0.2, -0.15) is 0 Å². The number of hydrogen-bond acceptors (Lipinski definition) is 8. The van der Waals surface area contributed by atoms with E-state index < -0.39 is 16.9 Å². The highest BCUT2D eigenvalue weighted by molar-refractivity contribution is 8.14. The summed E-state index contributed by atoms with van der Waals surface area (Å²) < 4.78 is 28.6. The van der Waals surface area contributed by atoms with Gasteiger partial charge in [-0.15, -0.1) is 0 Å². The minimum atomic E-state index is -0.980. The number of ether oxygens (including phenoxy) is 3. The molecule has 6 nitrogen and oxygen atoms in total. The zero-order chi connectivity index (χ0) is 28.9. The summed E-state index contributed by atoms with van der Waals surface area (Å²) >= 11 is 1.91. The van der Waals surface area contributed by atoms with E-state index in [1.165, 1.54) is 7.11 Å². The van der Waals surface area contributed by atoms with Crippen molar-refractivity contribution in [3.05, 3.63) is 103 Å². The fraction of sp³-hybridized carbons (Fsp3) is 0.194. The molecule has 0 fully saturated rings. The Hall–Kier alpha value is -3.66. The Morgan fingerprint density at radius 3 is 1.93 bits per heavy atom. The Balaban J connectivity index is 1.42. The smallest absolute Gasteiger partial charge is 0.335 e. The molecule has 0 aliphatic heterocycles. The van der Waals surface area contributed by atoms with Crippen molar-refractivity contribution in [3.63, 3.8) is 0 Å². The number of methoxy groups -OCH3 is 1. The van der Waals surface area contributed by atoms with E-state index in [2.05, 4.69) is 13.2 Å². The number of thioether (sulfide) groups is 2. The van der Waals surface area contributed by atoms with Gasteiger partial charge in [-0.25, -0.2) is 9.18 Å². The van der Waals surface area contributed by atoms with Crippen molar-refractivity contribution in [2.24, 2.45) is 0 Å². The quantitative estimate of drug-likeness (QED) is 0.0851. The Morgan fingerprint density at radius 2 is 1.32 bits per heavy atom. The molecule has 3 aromatic carbocycles. The van der Waals surface area contributed by atoms with Crippen LogP contribution in [0.15, 0.2) is 107 Å². The molecule has 0 aromatic heterocycles. The monoisotopic (exact) mass is 580 g/mol. The molecule has 0 saturated carbocycles. The first-order valence-corrected chi connectivity index (χ1v) is 14.0. The molecule has 0 aliphatic rings. The molecule has 0 amide bonds. The van der Waals surface area contributed by atoms with Crippen molar-refractivity contribution >= 4 is 39.7 Å². The van der Waals surface area contributed by atoms with Crippen LogP contribution in [-0.2, 0) is 19.1 Å². The maximum absolute atomic E-state index is 12.9. The first kappa shape index (κ1) is 30.9. The van der Waals surface area contributed by atoms with Gasteiger partial charge in [0.1, 0.15) is 5.75 Å². The van der Waals surface area contributed by atoms with Crippen molar-refractivity contribution in [2.45, 2.75) is 22.6 Å². The molecular weight excluding hydrogens is 551 g/mol. The lowest BCUT2D eigenvalue weighted by Crippen LogP contribution is -2.12. The number of esters is 1. The van der Waals surface area contributed by atoms with Crippen LogP contribution < -0.4 is 4.74 Å². The van der Waals surface area contributed by atoms with E-state index in [1.54, 1.807) is 24.3 Å². The lowest BCUT2D eigenvalue weighted by molar-refractivity contribution is -0.139. The topological polar surface area (TPSA) is 78.9 Å². The van der Waals surface area contributed by atoms with Crippen LogP contribution in [0, 0.1) is 0 Å². The molecule has 3 aromatic rings. The SMILES string of the molecule is C=C(F)C(=O)Sc1ccc(-c2ccc(C(=O)Sc3ccc(OCCCCOC(=O)C(=C)COC)cc3)cc2)cc1. The van der Waals surface area contributed by atoms with Gasteiger partial charge in [-0.05, 0) is 96.0 Å². The Bertz CT molecular complexity index is 1340. The molecule has 40 heavy (non-hydrogen) atoms. The molecule has 0 radical (unpaired) electrons. The van der Waals surface area contributed by atoms with Crippen LogP contribution in [0.5, 0.6) is 5.75 Å². The first-order chi connectivity index (χ1) is 19.3. The Labute approximate surface area is 241 Å².